The Morgan fingerprint density at radius 3 is 2.39 bits per heavy atom. The Morgan fingerprint density at radius 2 is 2.00 bits per heavy atom. The molecule has 108 valence electrons. The van der Waals surface area contributed by atoms with E-state index in [0.29, 0.717) is 6.54 Å². The number of aliphatic hydroxyl groups excluding tert-OH is 1. The zero-order valence-electron chi connectivity index (χ0n) is 11.9. The van der Waals surface area contributed by atoms with E-state index >= 15 is 0 Å². The highest BCUT2D eigenvalue weighted by Gasteiger charge is 2.27. The normalized spacial score (nSPS) is 13.2. The maximum Gasteiger partial charge on any atom is 0.412 e. The number of carbonyl (C=O) groups is 1. The zero-order chi connectivity index (χ0) is 14.2. The third-order valence-electron chi connectivity index (χ3n) is 1.97. The van der Waals surface area contributed by atoms with E-state index in [1.165, 1.54) is 12.0 Å². The maximum absolute atomic E-state index is 12.0. The van der Waals surface area contributed by atoms with Crippen molar-refractivity contribution >= 4 is 6.09 Å². The van der Waals surface area contributed by atoms with Crippen LogP contribution in [0.1, 0.15) is 34.1 Å². The van der Waals surface area contributed by atoms with Gasteiger partial charge in [-0.3, -0.25) is 4.90 Å². The molecule has 1 amide bonds. The molecule has 1 unspecified atom stereocenters. The Morgan fingerprint density at radius 1 is 1.39 bits per heavy atom. The highest BCUT2D eigenvalue weighted by molar-refractivity contribution is 5.68. The first-order valence-corrected chi connectivity index (χ1v) is 6.06. The molecule has 0 aromatic rings. The molecule has 0 aromatic heterocycles. The van der Waals surface area contributed by atoms with Gasteiger partial charge in [-0.1, -0.05) is 6.92 Å². The SMILES string of the molecule is CCCN(C(=O)OC(C)(C)C)C(CO)OCOC. The van der Waals surface area contributed by atoms with Crippen LogP contribution < -0.4 is 0 Å². The molecular formula is C12H25NO5. The number of hydrogen-bond acceptors (Lipinski definition) is 5. The molecule has 0 bridgehead atoms. The van der Waals surface area contributed by atoms with E-state index in [-0.39, 0.29) is 13.4 Å². The predicted octanol–water partition coefficient (Wildman–Crippen LogP) is 1.57. The second kappa shape index (κ2) is 8.29. The maximum atomic E-state index is 12.0. The largest absolute Gasteiger partial charge is 0.444 e. The zero-order valence-corrected chi connectivity index (χ0v) is 11.9. The molecule has 1 atom stereocenters. The highest BCUT2D eigenvalue weighted by Crippen LogP contribution is 2.13. The number of carbonyl (C=O) groups excluding carboxylic acids is 1. The van der Waals surface area contributed by atoms with Gasteiger partial charge in [-0.2, -0.15) is 0 Å². The van der Waals surface area contributed by atoms with E-state index < -0.39 is 17.9 Å². The van der Waals surface area contributed by atoms with Crippen LogP contribution >= 0.6 is 0 Å². The number of methoxy groups -OCH3 is 1. The fourth-order valence-electron chi connectivity index (χ4n) is 1.30. The van der Waals surface area contributed by atoms with E-state index in [2.05, 4.69) is 0 Å². The molecule has 0 rings (SSSR count). The molecule has 0 aliphatic heterocycles. The van der Waals surface area contributed by atoms with E-state index in [1.807, 2.05) is 6.92 Å². The average molecular weight is 263 g/mol. The van der Waals surface area contributed by atoms with Gasteiger partial charge in [0.1, 0.15) is 12.4 Å². The molecule has 0 spiro atoms. The van der Waals surface area contributed by atoms with E-state index in [4.69, 9.17) is 14.2 Å². The van der Waals surface area contributed by atoms with Crippen molar-refractivity contribution in [1.82, 2.24) is 4.90 Å². The smallest absolute Gasteiger partial charge is 0.412 e. The van der Waals surface area contributed by atoms with Crippen LogP contribution in [-0.2, 0) is 14.2 Å². The average Bonchev–Trinajstić information content (AvgIpc) is 2.26. The number of rotatable bonds is 7. The van der Waals surface area contributed by atoms with Gasteiger partial charge in [-0.25, -0.2) is 4.79 Å². The van der Waals surface area contributed by atoms with Gasteiger partial charge in [0, 0.05) is 13.7 Å². The van der Waals surface area contributed by atoms with Crippen molar-refractivity contribution in [1.29, 1.82) is 0 Å². The molecule has 6 nitrogen and oxygen atoms in total. The molecule has 0 saturated carbocycles. The fraction of sp³-hybridized carbons (Fsp3) is 0.917. The fourth-order valence-corrected chi connectivity index (χ4v) is 1.30. The van der Waals surface area contributed by atoms with Crippen molar-refractivity contribution in [3.05, 3.63) is 0 Å². The molecule has 18 heavy (non-hydrogen) atoms. The molecular weight excluding hydrogens is 238 g/mol. The van der Waals surface area contributed by atoms with Gasteiger partial charge >= 0.3 is 6.09 Å². The van der Waals surface area contributed by atoms with Gasteiger partial charge in [-0.15, -0.1) is 0 Å². The summed E-state index contributed by atoms with van der Waals surface area (Å²) in [5.41, 5.74) is -0.579. The van der Waals surface area contributed by atoms with E-state index in [1.54, 1.807) is 20.8 Å². The third-order valence-corrected chi connectivity index (χ3v) is 1.97. The summed E-state index contributed by atoms with van der Waals surface area (Å²) in [7, 11) is 1.48. The second-order valence-corrected chi connectivity index (χ2v) is 4.88. The van der Waals surface area contributed by atoms with Crippen LogP contribution in [-0.4, -0.2) is 55.0 Å². The number of ether oxygens (including phenoxy) is 3. The minimum absolute atomic E-state index is 0.00817. The first-order chi connectivity index (χ1) is 8.35. The third kappa shape index (κ3) is 6.78. The van der Waals surface area contributed by atoms with Gasteiger partial charge < -0.3 is 19.3 Å². The topological polar surface area (TPSA) is 68.2 Å². The van der Waals surface area contributed by atoms with Gasteiger partial charge in [0.2, 0.25) is 0 Å². The molecule has 0 fully saturated rings. The van der Waals surface area contributed by atoms with Crippen molar-refractivity contribution in [3.8, 4) is 0 Å². The van der Waals surface area contributed by atoms with Crippen molar-refractivity contribution < 1.29 is 24.1 Å². The summed E-state index contributed by atoms with van der Waals surface area (Å²) in [6.07, 6.45) is -0.509. The lowest BCUT2D eigenvalue weighted by atomic mass is 10.2. The number of hydrogen-bond donors (Lipinski definition) is 1. The van der Waals surface area contributed by atoms with Crippen LogP contribution in [0.15, 0.2) is 0 Å². The van der Waals surface area contributed by atoms with E-state index in [0.717, 1.165) is 6.42 Å². The van der Waals surface area contributed by atoms with Crippen molar-refractivity contribution in [2.45, 2.75) is 45.9 Å². The van der Waals surface area contributed by atoms with Crippen LogP contribution in [0.25, 0.3) is 0 Å². The highest BCUT2D eigenvalue weighted by atomic mass is 16.7. The van der Waals surface area contributed by atoms with Gasteiger partial charge in [0.25, 0.3) is 0 Å². The Hall–Kier alpha value is -0.850. The van der Waals surface area contributed by atoms with Crippen LogP contribution in [0.2, 0.25) is 0 Å². The van der Waals surface area contributed by atoms with E-state index in [9.17, 15) is 9.90 Å². The monoisotopic (exact) mass is 263 g/mol. The molecule has 1 N–H and O–H groups in total. The summed E-state index contributed by atoms with van der Waals surface area (Å²) in [6, 6.07) is 0. The lowest BCUT2D eigenvalue weighted by Crippen LogP contribution is -2.47. The van der Waals surface area contributed by atoms with Crippen LogP contribution in [0, 0.1) is 0 Å². The minimum Gasteiger partial charge on any atom is -0.444 e. The lowest BCUT2D eigenvalue weighted by Gasteiger charge is -2.32. The first-order valence-electron chi connectivity index (χ1n) is 6.06. The first kappa shape index (κ1) is 17.2. The molecule has 0 aliphatic rings. The number of aliphatic hydroxyl groups is 1. The second-order valence-electron chi connectivity index (χ2n) is 4.88. The number of nitrogens with zero attached hydrogens (tertiary/aromatic N) is 1. The summed E-state index contributed by atoms with van der Waals surface area (Å²) in [5, 5.41) is 9.27. The van der Waals surface area contributed by atoms with Gasteiger partial charge in [0.15, 0.2) is 6.23 Å². The molecule has 6 heteroatoms. The summed E-state index contributed by atoms with van der Waals surface area (Å²) in [5.74, 6) is 0. The molecule has 0 aromatic carbocycles. The van der Waals surface area contributed by atoms with Crippen molar-refractivity contribution in [3.63, 3.8) is 0 Å². The summed E-state index contributed by atoms with van der Waals surface area (Å²) in [4.78, 5) is 13.3. The molecule has 0 aliphatic carbocycles. The summed E-state index contributed by atoms with van der Waals surface area (Å²) in [6.45, 7) is 7.46. The lowest BCUT2D eigenvalue weighted by molar-refractivity contribution is -0.143. The summed E-state index contributed by atoms with van der Waals surface area (Å²) >= 11 is 0. The van der Waals surface area contributed by atoms with Gasteiger partial charge in [0.05, 0.1) is 6.61 Å². The quantitative estimate of drug-likeness (QED) is 0.706. The van der Waals surface area contributed by atoms with Gasteiger partial charge in [-0.05, 0) is 27.2 Å². The Balaban J connectivity index is 4.63. The molecule has 0 saturated heterocycles. The molecule has 0 heterocycles. The predicted molar refractivity (Wildman–Crippen MR) is 67.1 cm³/mol. The number of amides is 1. The van der Waals surface area contributed by atoms with Crippen molar-refractivity contribution in [2.24, 2.45) is 0 Å². The minimum atomic E-state index is -0.750. The van der Waals surface area contributed by atoms with Crippen LogP contribution in [0.4, 0.5) is 4.79 Å². The standard InChI is InChI=1S/C12H25NO5/c1-6-7-13(10(8-14)17-9-16-5)11(15)18-12(2,3)4/h10,14H,6-9H2,1-5H3. The Labute approximate surface area is 109 Å². The Kier molecular flexibility index (Phi) is 7.90. The van der Waals surface area contributed by atoms with Crippen LogP contribution in [0.5, 0.6) is 0 Å². The van der Waals surface area contributed by atoms with Crippen LogP contribution in [0.3, 0.4) is 0 Å². The van der Waals surface area contributed by atoms with Crippen molar-refractivity contribution in [2.75, 3.05) is 27.1 Å². The summed E-state index contributed by atoms with van der Waals surface area (Å²) < 4.78 is 15.3. The Bertz CT molecular complexity index is 239. The molecule has 0 radical (unpaired) electrons.